The summed E-state index contributed by atoms with van der Waals surface area (Å²) < 4.78 is 10.6. The second-order valence-corrected chi connectivity index (χ2v) is 11.0. The van der Waals surface area contributed by atoms with Gasteiger partial charge in [-0.1, -0.05) is 20.8 Å². The van der Waals surface area contributed by atoms with Crippen LogP contribution in [0.2, 0.25) is 0 Å². The molecule has 5 fully saturated rings. The van der Waals surface area contributed by atoms with Crippen molar-refractivity contribution < 1.29 is 19.1 Å². The van der Waals surface area contributed by atoms with Gasteiger partial charge in [0.2, 0.25) is 0 Å². The van der Waals surface area contributed by atoms with E-state index in [4.69, 9.17) is 4.74 Å². The second-order valence-electron chi connectivity index (χ2n) is 11.0. The molecule has 0 aromatic rings. The molecule has 170 valence electrons. The predicted octanol–water partition coefficient (Wildman–Crippen LogP) is 5.78. The normalized spacial score (nSPS) is 40.5. The summed E-state index contributed by atoms with van der Waals surface area (Å²) in [6, 6.07) is 0. The van der Waals surface area contributed by atoms with E-state index in [1.54, 1.807) is 0 Å². The van der Waals surface area contributed by atoms with Gasteiger partial charge in [-0.25, -0.2) is 0 Å². The van der Waals surface area contributed by atoms with E-state index >= 15 is 0 Å². The SMILES string of the molecule is CCC(C)C(=O)OC.CCC1(OC(=O)C2CC3CC2C2C4CCC(C4)C32)CCCC1. The average molecular weight is 419 g/mol. The van der Waals surface area contributed by atoms with E-state index in [0.29, 0.717) is 5.92 Å². The van der Waals surface area contributed by atoms with E-state index in [9.17, 15) is 9.59 Å². The van der Waals surface area contributed by atoms with Crippen molar-refractivity contribution in [1.29, 1.82) is 0 Å². The summed E-state index contributed by atoms with van der Waals surface area (Å²) in [5.74, 6) is 5.83. The van der Waals surface area contributed by atoms with Gasteiger partial charge in [0.1, 0.15) is 5.60 Å². The van der Waals surface area contributed by atoms with Gasteiger partial charge in [0.05, 0.1) is 18.9 Å². The smallest absolute Gasteiger partial charge is 0.309 e. The first kappa shape index (κ1) is 22.1. The first-order chi connectivity index (χ1) is 14.4. The highest BCUT2D eigenvalue weighted by atomic mass is 16.6. The number of fused-ring (bicyclic) bond motifs is 9. The van der Waals surface area contributed by atoms with Crippen molar-refractivity contribution in [2.75, 3.05) is 7.11 Å². The summed E-state index contributed by atoms with van der Waals surface area (Å²) in [6.45, 7) is 6.01. The summed E-state index contributed by atoms with van der Waals surface area (Å²) in [4.78, 5) is 23.4. The van der Waals surface area contributed by atoms with Crippen LogP contribution in [0.3, 0.4) is 0 Å². The van der Waals surface area contributed by atoms with Gasteiger partial charge < -0.3 is 9.47 Å². The minimum Gasteiger partial charge on any atom is -0.469 e. The van der Waals surface area contributed by atoms with Gasteiger partial charge in [0.25, 0.3) is 0 Å². The first-order valence-corrected chi connectivity index (χ1v) is 12.7. The van der Waals surface area contributed by atoms with Crippen LogP contribution in [0, 0.1) is 47.3 Å². The molecule has 0 amide bonds. The summed E-state index contributed by atoms with van der Waals surface area (Å²) in [5.41, 5.74) is -0.0903. The lowest BCUT2D eigenvalue weighted by Crippen LogP contribution is -2.40. The quantitative estimate of drug-likeness (QED) is 0.420. The van der Waals surface area contributed by atoms with Gasteiger partial charge in [-0.3, -0.25) is 9.59 Å². The van der Waals surface area contributed by atoms with Crippen molar-refractivity contribution in [3.63, 3.8) is 0 Å². The van der Waals surface area contributed by atoms with Crippen molar-refractivity contribution in [2.24, 2.45) is 47.3 Å². The van der Waals surface area contributed by atoms with Crippen molar-refractivity contribution in [3.05, 3.63) is 0 Å². The Morgan fingerprint density at radius 2 is 1.63 bits per heavy atom. The molecule has 0 aromatic heterocycles. The monoisotopic (exact) mass is 418 g/mol. The third-order valence-corrected chi connectivity index (χ3v) is 9.73. The van der Waals surface area contributed by atoms with Crippen molar-refractivity contribution in [3.8, 4) is 0 Å². The minimum absolute atomic E-state index is 0.0556. The average Bonchev–Trinajstić information content (AvgIpc) is 3.57. The Hall–Kier alpha value is -1.06. The summed E-state index contributed by atoms with van der Waals surface area (Å²) >= 11 is 0. The zero-order valence-electron chi connectivity index (χ0n) is 19.5. The van der Waals surface area contributed by atoms with Crippen LogP contribution in [0.5, 0.6) is 0 Å². The topological polar surface area (TPSA) is 52.6 Å². The molecule has 5 aliphatic carbocycles. The molecule has 4 nitrogen and oxygen atoms in total. The maximum Gasteiger partial charge on any atom is 0.309 e. The maximum atomic E-state index is 12.9. The molecule has 30 heavy (non-hydrogen) atoms. The number of carbonyl (C=O) groups is 2. The molecule has 8 unspecified atom stereocenters. The molecule has 5 saturated carbocycles. The highest BCUT2D eigenvalue weighted by Crippen LogP contribution is 2.69. The molecule has 0 N–H and O–H groups in total. The predicted molar refractivity (Wildman–Crippen MR) is 117 cm³/mol. The van der Waals surface area contributed by atoms with Gasteiger partial charge in [0.15, 0.2) is 0 Å². The lowest BCUT2D eigenvalue weighted by atomic mass is 9.67. The Balaban J connectivity index is 0.000000235. The Labute approximate surface area is 182 Å². The second kappa shape index (κ2) is 8.82. The Morgan fingerprint density at radius 3 is 2.20 bits per heavy atom. The lowest BCUT2D eigenvalue weighted by Gasteiger charge is -2.39. The number of hydrogen-bond acceptors (Lipinski definition) is 4. The summed E-state index contributed by atoms with van der Waals surface area (Å²) in [5, 5.41) is 0. The van der Waals surface area contributed by atoms with E-state index in [-0.39, 0.29) is 29.4 Å². The molecule has 0 aliphatic heterocycles. The Kier molecular flexibility index (Phi) is 6.51. The van der Waals surface area contributed by atoms with Crippen LogP contribution in [-0.2, 0) is 19.1 Å². The molecule has 4 heteroatoms. The van der Waals surface area contributed by atoms with Crippen LogP contribution >= 0.6 is 0 Å². The van der Waals surface area contributed by atoms with E-state index in [0.717, 1.165) is 61.7 Å². The van der Waals surface area contributed by atoms with Gasteiger partial charge in [-0.15, -0.1) is 0 Å². The summed E-state index contributed by atoms with van der Waals surface area (Å²) in [6.07, 6.45) is 13.5. The fourth-order valence-electron chi connectivity index (χ4n) is 8.04. The van der Waals surface area contributed by atoms with Crippen molar-refractivity contribution in [1.82, 2.24) is 0 Å². The Morgan fingerprint density at radius 1 is 0.967 bits per heavy atom. The maximum absolute atomic E-state index is 12.9. The highest BCUT2D eigenvalue weighted by Gasteiger charge is 2.63. The largest absolute Gasteiger partial charge is 0.469 e. The first-order valence-electron chi connectivity index (χ1n) is 12.7. The molecular formula is C26H42O4. The number of carbonyl (C=O) groups excluding carboxylic acids is 2. The number of hydrogen-bond donors (Lipinski definition) is 0. The molecule has 0 spiro atoms. The number of methoxy groups -OCH3 is 1. The highest BCUT2D eigenvalue weighted by molar-refractivity contribution is 5.74. The summed E-state index contributed by atoms with van der Waals surface area (Å²) in [7, 11) is 1.41. The molecule has 0 aromatic carbocycles. The zero-order chi connectivity index (χ0) is 21.5. The third-order valence-electron chi connectivity index (χ3n) is 9.73. The minimum atomic E-state index is -0.118. The number of ether oxygens (including phenoxy) is 2. The van der Waals surface area contributed by atoms with Crippen LogP contribution < -0.4 is 0 Å². The third kappa shape index (κ3) is 3.81. The standard InChI is InChI=1S/C20H30O2.C6H12O2/c1-2-20(7-3-4-8-20)22-19(21)16-11-14-10-15(16)18-13-6-5-12(9-13)17(14)18;1-4-5(2)6(7)8-3/h12-18H,2-11H2,1H3;5H,4H2,1-3H3. The molecule has 8 atom stereocenters. The van der Waals surface area contributed by atoms with Gasteiger partial charge >= 0.3 is 11.9 Å². The van der Waals surface area contributed by atoms with Gasteiger partial charge in [0, 0.05) is 0 Å². The van der Waals surface area contributed by atoms with Gasteiger partial charge in [-0.2, -0.15) is 0 Å². The molecule has 5 aliphatic rings. The molecule has 0 heterocycles. The van der Waals surface area contributed by atoms with Crippen LogP contribution in [0.25, 0.3) is 0 Å². The van der Waals surface area contributed by atoms with Crippen molar-refractivity contribution in [2.45, 2.75) is 97.0 Å². The lowest BCUT2D eigenvalue weighted by molar-refractivity contribution is -0.168. The van der Waals surface area contributed by atoms with Crippen LogP contribution in [-0.4, -0.2) is 24.6 Å². The zero-order valence-corrected chi connectivity index (χ0v) is 19.5. The van der Waals surface area contributed by atoms with E-state index in [2.05, 4.69) is 11.7 Å². The molecule has 5 rings (SSSR count). The molecular weight excluding hydrogens is 376 g/mol. The van der Waals surface area contributed by atoms with E-state index in [1.165, 1.54) is 45.6 Å². The van der Waals surface area contributed by atoms with Crippen LogP contribution in [0.15, 0.2) is 0 Å². The molecule has 0 radical (unpaired) electrons. The molecule has 0 saturated heterocycles. The van der Waals surface area contributed by atoms with Gasteiger partial charge in [-0.05, 0) is 106 Å². The fraction of sp³-hybridized carbons (Fsp3) is 0.923. The number of esters is 2. The van der Waals surface area contributed by atoms with Crippen molar-refractivity contribution >= 4 is 11.9 Å². The fourth-order valence-corrected chi connectivity index (χ4v) is 8.04. The van der Waals surface area contributed by atoms with E-state index < -0.39 is 0 Å². The Bertz CT molecular complexity index is 637. The van der Waals surface area contributed by atoms with Crippen LogP contribution in [0.4, 0.5) is 0 Å². The molecule has 4 bridgehead atoms. The number of rotatable bonds is 5. The van der Waals surface area contributed by atoms with Crippen LogP contribution in [0.1, 0.15) is 91.4 Å². The van der Waals surface area contributed by atoms with E-state index in [1.807, 2.05) is 13.8 Å².